The molecule has 8 heteroatoms. The van der Waals surface area contributed by atoms with E-state index in [1.54, 1.807) is 29.2 Å². The molecule has 0 saturated carbocycles. The molecule has 1 fully saturated rings. The Labute approximate surface area is 160 Å². The van der Waals surface area contributed by atoms with Crippen molar-refractivity contribution in [2.75, 3.05) is 26.2 Å². The van der Waals surface area contributed by atoms with Crippen LogP contribution >= 0.6 is 0 Å². The molecule has 1 amide bonds. The molecule has 0 aliphatic carbocycles. The van der Waals surface area contributed by atoms with Gasteiger partial charge < -0.3 is 9.42 Å². The number of amides is 1. The van der Waals surface area contributed by atoms with Crippen LogP contribution in [-0.4, -0.2) is 52.0 Å². The summed E-state index contributed by atoms with van der Waals surface area (Å²) in [5.74, 6) is -0.270. The molecule has 2 aromatic carbocycles. The highest BCUT2D eigenvalue weighted by atomic mass is 19.1. The molecule has 0 unspecified atom stereocenters. The van der Waals surface area contributed by atoms with E-state index in [0.29, 0.717) is 50.0 Å². The van der Waals surface area contributed by atoms with Crippen molar-refractivity contribution in [3.8, 4) is 11.5 Å². The fraction of sp³-hybridized carbons (Fsp3) is 0.250. The Morgan fingerprint density at radius 1 is 1.00 bits per heavy atom. The van der Waals surface area contributed by atoms with Gasteiger partial charge in [0.15, 0.2) is 5.82 Å². The molecule has 0 N–H and O–H groups in total. The van der Waals surface area contributed by atoms with Crippen molar-refractivity contribution >= 4 is 5.91 Å². The molecule has 144 valence electrons. The second kappa shape index (κ2) is 7.85. The molecule has 1 aliphatic rings. The van der Waals surface area contributed by atoms with Crippen LogP contribution < -0.4 is 0 Å². The standard InChI is InChI=1S/C20H18F2N4O2/c21-15-7-5-14(6-8-15)19-23-18(24-28-19)13-25-9-11-26(12-10-25)20(27)16-3-1-2-4-17(16)22/h1-8H,9-13H2. The van der Waals surface area contributed by atoms with Crippen molar-refractivity contribution in [3.05, 3.63) is 71.6 Å². The van der Waals surface area contributed by atoms with Gasteiger partial charge in [0, 0.05) is 31.7 Å². The van der Waals surface area contributed by atoms with E-state index < -0.39 is 5.82 Å². The van der Waals surface area contributed by atoms with Crippen LogP contribution in [-0.2, 0) is 6.54 Å². The Kier molecular flexibility index (Phi) is 5.12. The van der Waals surface area contributed by atoms with Crippen LogP contribution in [0.3, 0.4) is 0 Å². The average Bonchev–Trinajstić information content (AvgIpc) is 3.17. The van der Waals surface area contributed by atoms with Crippen molar-refractivity contribution in [1.82, 2.24) is 19.9 Å². The Morgan fingerprint density at radius 2 is 1.71 bits per heavy atom. The summed E-state index contributed by atoms with van der Waals surface area (Å²) in [7, 11) is 0. The highest BCUT2D eigenvalue weighted by Crippen LogP contribution is 2.18. The molecule has 1 saturated heterocycles. The van der Waals surface area contributed by atoms with Crippen LogP contribution in [0.15, 0.2) is 53.1 Å². The van der Waals surface area contributed by atoms with Gasteiger partial charge in [-0.05, 0) is 36.4 Å². The van der Waals surface area contributed by atoms with Gasteiger partial charge >= 0.3 is 0 Å². The van der Waals surface area contributed by atoms with Crippen molar-refractivity contribution in [1.29, 1.82) is 0 Å². The predicted octanol–water partition coefficient (Wildman–Crippen LogP) is 2.97. The van der Waals surface area contributed by atoms with Gasteiger partial charge in [0.25, 0.3) is 11.8 Å². The first-order valence-corrected chi connectivity index (χ1v) is 8.95. The Balaban J connectivity index is 1.34. The van der Waals surface area contributed by atoms with Crippen LogP contribution in [0.4, 0.5) is 8.78 Å². The Hall–Kier alpha value is -3.13. The zero-order valence-electron chi connectivity index (χ0n) is 15.0. The fourth-order valence-electron chi connectivity index (χ4n) is 3.14. The van der Waals surface area contributed by atoms with Crippen molar-refractivity contribution < 1.29 is 18.1 Å². The van der Waals surface area contributed by atoms with Crippen LogP contribution in [0.5, 0.6) is 0 Å². The Bertz CT molecular complexity index is 966. The average molecular weight is 384 g/mol. The van der Waals surface area contributed by atoms with E-state index in [0.717, 1.165) is 0 Å². The van der Waals surface area contributed by atoms with Gasteiger partial charge in [-0.25, -0.2) is 8.78 Å². The number of piperazine rings is 1. The summed E-state index contributed by atoms with van der Waals surface area (Å²) in [5.41, 5.74) is 0.749. The molecule has 6 nitrogen and oxygen atoms in total. The zero-order valence-corrected chi connectivity index (χ0v) is 15.0. The van der Waals surface area contributed by atoms with Gasteiger partial charge in [-0.2, -0.15) is 4.98 Å². The normalized spacial score (nSPS) is 15.0. The van der Waals surface area contributed by atoms with E-state index in [1.807, 2.05) is 0 Å². The summed E-state index contributed by atoms with van der Waals surface area (Å²) in [6.07, 6.45) is 0. The van der Waals surface area contributed by atoms with E-state index in [4.69, 9.17) is 4.52 Å². The highest BCUT2D eigenvalue weighted by Gasteiger charge is 2.24. The first-order valence-electron chi connectivity index (χ1n) is 8.95. The second-order valence-electron chi connectivity index (χ2n) is 6.57. The molecular weight excluding hydrogens is 366 g/mol. The van der Waals surface area contributed by atoms with Gasteiger partial charge in [-0.1, -0.05) is 17.3 Å². The van der Waals surface area contributed by atoms with E-state index in [1.165, 1.54) is 24.3 Å². The van der Waals surface area contributed by atoms with E-state index in [-0.39, 0.29) is 17.3 Å². The summed E-state index contributed by atoms with van der Waals surface area (Å²) in [6, 6.07) is 11.9. The zero-order chi connectivity index (χ0) is 19.5. The smallest absolute Gasteiger partial charge is 0.257 e. The number of carbonyl (C=O) groups excluding carboxylic acids is 1. The van der Waals surface area contributed by atoms with Gasteiger partial charge in [-0.3, -0.25) is 9.69 Å². The maximum absolute atomic E-state index is 13.8. The first kappa shape index (κ1) is 18.2. The van der Waals surface area contributed by atoms with E-state index in [9.17, 15) is 13.6 Å². The molecule has 0 radical (unpaired) electrons. The SMILES string of the molecule is O=C(c1ccccc1F)N1CCN(Cc2noc(-c3ccc(F)cc3)n2)CC1. The lowest BCUT2D eigenvalue weighted by Gasteiger charge is -2.34. The number of carbonyl (C=O) groups is 1. The maximum Gasteiger partial charge on any atom is 0.257 e. The molecule has 3 aromatic rings. The number of nitrogens with zero attached hydrogens (tertiary/aromatic N) is 4. The van der Waals surface area contributed by atoms with Crippen molar-refractivity contribution in [3.63, 3.8) is 0 Å². The lowest BCUT2D eigenvalue weighted by Crippen LogP contribution is -2.48. The van der Waals surface area contributed by atoms with Crippen molar-refractivity contribution in [2.24, 2.45) is 0 Å². The molecule has 1 aliphatic heterocycles. The molecule has 28 heavy (non-hydrogen) atoms. The first-order chi connectivity index (χ1) is 13.6. The number of hydrogen-bond acceptors (Lipinski definition) is 5. The minimum absolute atomic E-state index is 0.0954. The van der Waals surface area contributed by atoms with Gasteiger partial charge in [0.1, 0.15) is 11.6 Å². The minimum Gasteiger partial charge on any atom is -0.336 e. The van der Waals surface area contributed by atoms with Gasteiger partial charge in [0.2, 0.25) is 0 Å². The highest BCUT2D eigenvalue weighted by molar-refractivity contribution is 5.94. The Morgan fingerprint density at radius 3 is 2.43 bits per heavy atom. The number of rotatable bonds is 4. The molecule has 0 spiro atoms. The quantitative estimate of drug-likeness (QED) is 0.692. The third kappa shape index (κ3) is 3.91. The summed E-state index contributed by atoms with van der Waals surface area (Å²) in [4.78, 5) is 20.6. The van der Waals surface area contributed by atoms with Gasteiger partial charge in [-0.15, -0.1) is 0 Å². The minimum atomic E-state index is -0.505. The third-order valence-corrected chi connectivity index (χ3v) is 4.69. The number of benzene rings is 2. The molecule has 0 atom stereocenters. The summed E-state index contributed by atoms with van der Waals surface area (Å²) < 4.78 is 32.1. The molecule has 0 bridgehead atoms. The number of halogens is 2. The molecule has 1 aromatic heterocycles. The molecular formula is C20H18F2N4O2. The predicted molar refractivity (Wildman–Crippen MR) is 97.3 cm³/mol. The molecule has 2 heterocycles. The topological polar surface area (TPSA) is 62.5 Å². The van der Waals surface area contributed by atoms with E-state index in [2.05, 4.69) is 15.0 Å². The van der Waals surface area contributed by atoms with Crippen molar-refractivity contribution in [2.45, 2.75) is 6.54 Å². The maximum atomic E-state index is 13.8. The number of hydrogen-bond donors (Lipinski definition) is 0. The third-order valence-electron chi connectivity index (χ3n) is 4.69. The van der Waals surface area contributed by atoms with E-state index >= 15 is 0 Å². The van der Waals surface area contributed by atoms with Crippen LogP contribution in [0.1, 0.15) is 16.2 Å². The largest absolute Gasteiger partial charge is 0.336 e. The lowest BCUT2D eigenvalue weighted by atomic mass is 10.1. The van der Waals surface area contributed by atoms with Crippen LogP contribution in [0.25, 0.3) is 11.5 Å². The lowest BCUT2D eigenvalue weighted by molar-refractivity contribution is 0.0620. The summed E-state index contributed by atoms with van der Waals surface area (Å²) in [5, 5.41) is 3.97. The molecule has 4 rings (SSSR count). The summed E-state index contributed by atoms with van der Waals surface area (Å²) in [6.45, 7) is 2.72. The monoisotopic (exact) mass is 384 g/mol. The van der Waals surface area contributed by atoms with Gasteiger partial charge in [0.05, 0.1) is 12.1 Å². The fourth-order valence-corrected chi connectivity index (χ4v) is 3.14. The number of aromatic nitrogens is 2. The van der Waals surface area contributed by atoms with Crippen LogP contribution in [0.2, 0.25) is 0 Å². The second-order valence-corrected chi connectivity index (χ2v) is 6.57. The summed E-state index contributed by atoms with van der Waals surface area (Å²) >= 11 is 0. The van der Waals surface area contributed by atoms with Crippen LogP contribution in [0, 0.1) is 11.6 Å².